The number of hydrogen-bond acceptors (Lipinski definition) is 4. The van der Waals surface area contributed by atoms with Crippen LogP contribution in [0, 0.1) is 0 Å². The van der Waals surface area contributed by atoms with Crippen LogP contribution in [0.3, 0.4) is 0 Å². The zero-order valence-corrected chi connectivity index (χ0v) is 16.6. The van der Waals surface area contributed by atoms with Crippen LogP contribution in [0.1, 0.15) is 17.1 Å². The first-order valence-corrected chi connectivity index (χ1v) is 10.6. The van der Waals surface area contributed by atoms with E-state index in [9.17, 15) is 4.79 Å². The van der Waals surface area contributed by atoms with E-state index < -0.39 is 6.10 Å². The molecule has 0 aromatic heterocycles. The molecule has 3 rings (SSSR count). The van der Waals surface area contributed by atoms with Crippen molar-refractivity contribution in [3.8, 4) is 5.75 Å². The fourth-order valence-electron chi connectivity index (χ4n) is 2.37. The van der Waals surface area contributed by atoms with E-state index in [2.05, 4.69) is 11.4 Å². The Bertz CT molecular complexity index is 766. The van der Waals surface area contributed by atoms with Gasteiger partial charge in [0.05, 0.1) is 14.6 Å². The van der Waals surface area contributed by atoms with Crippen molar-refractivity contribution in [2.24, 2.45) is 0 Å². The molecule has 0 radical (unpaired) electrons. The molecule has 0 bridgehead atoms. The minimum atomic E-state index is -0.656. The molecule has 0 aliphatic carbocycles. The highest BCUT2D eigenvalue weighted by molar-refractivity contribution is 8.19. The zero-order valence-electron chi connectivity index (χ0n) is 13.5. The molecule has 2 aromatic rings. The summed E-state index contributed by atoms with van der Waals surface area (Å²) in [5, 5.41) is 3.75. The van der Waals surface area contributed by atoms with Crippen molar-refractivity contribution in [1.82, 2.24) is 0 Å². The summed E-state index contributed by atoms with van der Waals surface area (Å²) in [6.45, 7) is 1.70. The normalized spacial score (nSPS) is 15.8. The smallest absolute Gasteiger partial charge is 0.265 e. The molecule has 1 fully saturated rings. The molecule has 0 saturated carbocycles. The summed E-state index contributed by atoms with van der Waals surface area (Å²) in [6, 6.07) is 12.9. The van der Waals surface area contributed by atoms with Gasteiger partial charge in [-0.2, -0.15) is 0 Å². The molecule has 1 N–H and O–H groups in total. The Morgan fingerprint density at radius 3 is 2.64 bits per heavy atom. The van der Waals surface area contributed by atoms with Gasteiger partial charge in [-0.1, -0.05) is 35.3 Å². The second kappa shape index (κ2) is 8.58. The molecule has 1 saturated heterocycles. The Balaban J connectivity index is 1.62. The Morgan fingerprint density at radius 1 is 1.16 bits per heavy atom. The van der Waals surface area contributed by atoms with Crippen LogP contribution in [0.5, 0.6) is 5.75 Å². The Kier molecular flexibility index (Phi) is 6.44. The summed E-state index contributed by atoms with van der Waals surface area (Å²) < 4.78 is 6.10. The van der Waals surface area contributed by atoms with E-state index in [1.165, 1.54) is 17.1 Å². The van der Waals surface area contributed by atoms with Gasteiger partial charge in [-0.15, -0.1) is 23.5 Å². The van der Waals surface area contributed by atoms with Crippen LogP contribution in [-0.4, -0.2) is 23.5 Å². The maximum atomic E-state index is 12.4. The van der Waals surface area contributed by atoms with E-state index in [0.717, 1.165) is 5.69 Å². The highest BCUT2D eigenvalue weighted by atomic mass is 35.5. The van der Waals surface area contributed by atoms with E-state index in [1.807, 2.05) is 41.7 Å². The van der Waals surface area contributed by atoms with Gasteiger partial charge in [0.15, 0.2) is 6.10 Å². The summed E-state index contributed by atoms with van der Waals surface area (Å²) in [4.78, 5) is 12.4. The molecule has 132 valence electrons. The summed E-state index contributed by atoms with van der Waals surface area (Å²) in [5.41, 5.74) is 2.00. The third kappa shape index (κ3) is 5.00. The van der Waals surface area contributed by atoms with E-state index in [4.69, 9.17) is 27.9 Å². The largest absolute Gasteiger partial charge is 0.481 e. The number of thioether (sulfide) groups is 2. The molecule has 1 aliphatic rings. The van der Waals surface area contributed by atoms with Crippen molar-refractivity contribution < 1.29 is 9.53 Å². The number of halogens is 2. The van der Waals surface area contributed by atoms with Gasteiger partial charge in [0, 0.05) is 23.3 Å². The average Bonchev–Trinajstić information content (AvgIpc) is 3.13. The second-order valence-electron chi connectivity index (χ2n) is 5.52. The maximum absolute atomic E-state index is 12.4. The first-order valence-electron chi connectivity index (χ1n) is 7.78. The van der Waals surface area contributed by atoms with Crippen LogP contribution in [0.2, 0.25) is 10.0 Å². The van der Waals surface area contributed by atoms with Crippen molar-refractivity contribution in [3.05, 3.63) is 58.1 Å². The predicted molar refractivity (Wildman–Crippen MR) is 109 cm³/mol. The fraction of sp³-hybridized carbons (Fsp3) is 0.278. The molecule has 1 unspecified atom stereocenters. The minimum absolute atomic E-state index is 0.213. The van der Waals surface area contributed by atoms with Crippen LogP contribution in [0.25, 0.3) is 0 Å². The van der Waals surface area contributed by atoms with Crippen molar-refractivity contribution in [1.29, 1.82) is 0 Å². The number of carbonyl (C=O) groups is 1. The lowest BCUT2D eigenvalue weighted by Gasteiger charge is -2.16. The second-order valence-corrected chi connectivity index (χ2v) is 9.06. The summed E-state index contributed by atoms with van der Waals surface area (Å²) in [7, 11) is 0. The van der Waals surface area contributed by atoms with Crippen LogP contribution < -0.4 is 10.1 Å². The molecule has 1 amide bonds. The highest BCUT2D eigenvalue weighted by Crippen LogP contribution is 2.45. The highest BCUT2D eigenvalue weighted by Gasteiger charge is 2.20. The van der Waals surface area contributed by atoms with Crippen LogP contribution in [0.4, 0.5) is 5.69 Å². The molecule has 3 nitrogen and oxygen atoms in total. The lowest BCUT2D eigenvalue weighted by atomic mass is 10.2. The van der Waals surface area contributed by atoms with E-state index in [-0.39, 0.29) is 5.91 Å². The molecule has 7 heteroatoms. The molecular formula is C18H17Cl2NO2S2. The number of anilines is 1. The van der Waals surface area contributed by atoms with E-state index >= 15 is 0 Å². The number of benzene rings is 2. The van der Waals surface area contributed by atoms with Crippen molar-refractivity contribution in [2.75, 3.05) is 16.8 Å². The topological polar surface area (TPSA) is 38.3 Å². The average molecular weight is 414 g/mol. The SMILES string of the molecule is CC(Oc1ccc(Cl)c(Cl)c1)C(=O)Nc1cccc(C2SCCS2)c1. The predicted octanol–water partition coefficient (Wildman–Crippen LogP) is 5.88. The van der Waals surface area contributed by atoms with Gasteiger partial charge in [-0.05, 0) is 36.8 Å². The molecule has 0 spiro atoms. The van der Waals surface area contributed by atoms with Gasteiger partial charge in [0.1, 0.15) is 5.75 Å². The van der Waals surface area contributed by atoms with E-state index in [1.54, 1.807) is 25.1 Å². The first kappa shape index (κ1) is 18.8. The molecule has 1 atom stereocenters. The molecule has 2 aromatic carbocycles. The van der Waals surface area contributed by atoms with Crippen molar-refractivity contribution >= 4 is 58.3 Å². The third-order valence-corrected chi connectivity index (χ3v) is 7.46. The quantitative estimate of drug-likeness (QED) is 0.663. The molecular weight excluding hydrogens is 397 g/mol. The lowest BCUT2D eigenvalue weighted by molar-refractivity contribution is -0.122. The lowest BCUT2D eigenvalue weighted by Crippen LogP contribution is -2.30. The van der Waals surface area contributed by atoms with Gasteiger partial charge >= 0.3 is 0 Å². The van der Waals surface area contributed by atoms with E-state index in [0.29, 0.717) is 20.4 Å². The molecule has 1 aliphatic heterocycles. The van der Waals surface area contributed by atoms with Crippen LogP contribution >= 0.6 is 46.7 Å². The summed E-state index contributed by atoms with van der Waals surface area (Å²) in [5.74, 6) is 2.63. The fourth-order valence-corrected chi connectivity index (χ4v) is 5.49. The van der Waals surface area contributed by atoms with Gasteiger partial charge in [-0.3, -0.25) is 4.79 Å². The summed E-state index contributed by atoms with van der Waals surface area (Å²) >= 11 is 15.7. The van der Waals surface area contributed by atoms with Gasteiger partial charge in [-0.25, -0.2) is 0 Å². The van der Waals surface area contributed by atoms with Gasteiger partial charge in [0.2, 0.25) is 0 Å². The Hall–Kier alpha value is -1.01. The van der Waals surface area contributed by atoms with Gasteiger partial charge in [0.25, 0.3) is 5.91 Å². The molecule has 1 heterocycles. The van der Waals surface area contributed by atoms with Gasteiger partial charge < -0.3 is 10.1 Å². The first-order chi connectivity index (χ1) is 12.0. The summed E-state index contributed by atoms with van der Waals surface area (Å²) in [6.07, 6.45) is -0.656. The van der Waals surface area contributed by atoms with Crippen LogP contribution in [0.15, 0.2) is 42.5 Å². The molecule has 25 heavy (non-hydrogen) atoms. The number of hydrogen-bond donors (Lipinski definition) is 1. The number of carbonyl (C=O) groups excluding carboxylic acids is 1. The Morgan fingerprint density at radius 2 is 1.92 bits per heavy atom. The Labute approximate surface area is 165 Å². The minimum Gasteiger partial charge on any atom is -0.481 e. The zero-order chi connectivity index (χ0) is 17.8. The number of nitrogens with one attached hydrogen (secondary N) is 1. The van der Waals surface area contributed by atoms with Crippen LogP contribution in [-0.2, 0) is 4.79 Å². The number of amides is 1. The standard InChI is InChI=1S/C18H17Cl2NO2S2/c1-11(23-14-5-6-15(19)16(20)10-14)17(22)21-13-4-2-3-12(9-13)18-24-7-8-25-18/h2-6,9-11,18H,7-8H2,1H3,(H,21,22). The number of rotatable bonds is 5. The van der Waals surface area contributed by atoms with Crippen molar-refractivity contribution in [2.45, 2.75) is 17.6 Å². The monoisotopic (exact) mass is 413 g/mol. The maximum Gasteiger partial charge on any atom is 0.265 e. The number of ether oxygens (including phenoxy) is 1. The third-order valence-electron chi connectivity index (χ3n) is 3.62. The van der Waals surface area contributed by atoms with Crippen molar-refractivity contribution in [3.63, 3.8) is 0 Å².